The first kappa shape index (κ1) is 14.1. The normalized spacial score (nSPS) is 19.4. The zero-order valence-electron chi connectivity index (χ0n) is 11.1. The number of piperidine rings is 1. The van der Waals surface area contributed by atoms with Crippen molar-refractivity contribution in [1.29, 1.82) is 0 Å². The van der Waals surface area contributed by atoms with Crippen molar-refractivity contribution in [3.05, 3.63) is 21.9 Å². The van der Waals surface area contributed by atoms with Crippen molar-refractivity contribution in [3.8, 4) is 0 Å². The summed E-state index contributed by atoms with van der Waals surface area (Å²) in [5.41, 5.74) is 1.03. The lowest BCUT2D eigenvalue weighted by atomic mass is 9.93. The van der Waals surface area contributed by atoms with Crippen molar-refractivity contribution in [2.24, 2.45) is 5.92 Å². The molecule has 1 atom stereocenters. The number of nitrogens with zero attached hydrogens (tertiary/aromatic N) is 1. The largest absolute Gasteiger partial charge is 0.481 e. The first-order valence-corrected chi connectivity index (χ1v) is 7.51. The number of rotatable bonds is 4. The molecule has 0 bridgehead atoms. The van der Waals surface area contributed by atoms with Gasteiger partial charge in [0.2, 0.25) is 0 Å². The number of thiophene rings is 1. The molecule has 0 spiro atoms. The van der Waals surface area contributed by atoms with Gasteiger partial charge in [-0.05, 0) is 49.1 Å². The highest BCUT2D eigenvalue weighted by Crippen LogP contribution is 2.25. The van der Waals surface area contributed by atoms with Crippen molar-refractivity contribution < 1.29 is 14.7 Å². The second-order valence-corrected chi connectivity index (χ2v) is 6.04. The van der Waals surface area contributed by atoms with E-state index in [1.54, 1.807) is 0 Å². The molecule has 104 valence electrons. The van der Waals surface area contributed by atoms with Crippen molar-refractivity contribution in [2.45, 2.75) is 32.6 Å². The lowest BCUT2D eigenvalue weighted by Gasteiger charge is -2.32. The molecule has 2 rings (SSSR count). The highest BCUT2D eigenvalue weighted by Gasteiger charge is 2.26. The minimum absolute atomic E-state index is 0.104. The van der Waals surface area contributed by atoms with Crippen molar-refractivity contribution in [2.75, 3.05) is 13.1 Å². The van der Waals surface area contributed by atoms with Gasteiger partial charge in [-0.3, -0.25) is 9.59 Å². The van der Waals surface area contributed by atoms with Crippen molar-refractivity contribution in [1.82, 2.24) is 4.90 Å². The summed E-state index contributed by atoms with van der Waals surface area (Å²) in [6, 6.07) is 1.96. The van der Waals surface area contributed by atoms with Crippen molar-refractivity contribution >= 4 is 23.2 Å². The minimum Gasteiger partial charge on any atom is -0.481 e. The second-order valence-electron chi connectivity index (χ2n) is 5.12. The molecule has 1 N–H and O–H groups in total. The van der Waals surface area contributed by atoms with E-state index in [4.69, 9.17) is 5.11 Å². The standard InChI is InChI=1S/C14H19NO3S/c1-10-6-8-19-13(10)14(18)15-7-2-3-11(9-15)4-5-12(16)17/h6,8,11H,2-5,7,9H2,1H3,(H,16,17)/t11-/m0/s1. The summed E-state index contributed by atoms with van der Waals surface area (Å²) in [4.78, 5) is 25.7. The van der Waals surface area contributed by atoms with Crippen LogP contribution in [0.15, 0.2) is 11.4 Å². The predicted octanol–water partition coefficient (Wildman–Crippen LogP) is 2.77. The fourth-order valence-corrected chi connectivity index (χ4v) is 3.44. The number of aryl methyl sites for hydroxylation is 1. The van der Waals surface area contributed by atoms with Gasteiger partial charge in [0.15, 0.2) is 0 Å². The first-order valence-electron chi connectivity index (χ1n) is 6.63. The van der Waals surface area contributed by atoms with E-state index in [-0.39, 0.29) is 12.3 Å². The van der Waals surface area contributed by atoms with Gasteiger partial charge in [0.1, 0.15) is 0 Å². The maximum absolute atomic E-state index is 12.4. The van der Waals surface area contributed by atoms with Gasteiger partial charge in [-0.2, -0.15) is 0 Å². The molecular formula is C14H19NO3S. The first-order chi connectivity index (χ1) is 9.08. The third kappa shape index (κ3) is 3.56. The molecule has 5 heteroatoms. The molecule has 0 aromatic carbocycles. The molecule has 2 heterocycles. The molecule has 19 heavy (non-hydrogen) atoms. The summed E-state index contributed by atoms with van der Waals surface area (Å²) in [7, 11) is 0. The smallest absolute Gasteiger partial charge is 0.303 e. The van der Waals surface area contributed by atoms with Gasteiger partial charge in [0, 0.05) is 19.5 Å². The number of hydrogen-bond acceptors (Lipinski definition) is 3. The van der Waals surface area contributed by atoms with Gasteiger partial charge >= 0.3 is 5.97 Å². The number of carboxylic acid groups (broad SMARTS) is 1. The average Bonchev–Trinajstić information content (AvgIpc) is 2.82. The monoisotopic (exact) mass is 281 g/mol. The van der Waals surface area contributed by atoms with Crippen LogP contribution in [0.5, 0.6) is 0 Å². The Morgan fingerprint density at radius 1 is 1.53 bits per heavy atom. The van der Waals surface area contributed by atoms with Crippen LogP contribution in [0.4, 0.5) is 0 Å². The Bertz CT molecular complexity index is 469. The Hall–Kier alpha value is -1.36. The molecule has 1 aromatic heterocycles. The van der Waals surface area contributed by atoms with E-state index in [1.807, 2.05) is 23.3 Å². The van der Waals surface area contributed by atoms with E-state index >= 15 is 0 Å². The summed E-state index contributed by atoms with van der Waals surface area (Å²) in [6.45, 7) is 3.44. The molecule has 1 amide bonds. The maximum atomic E-state index is 12.4. The van der Waals surface area contributed by atoms with Crippen LogP contribution in [0.3, 0.4) is 0 Å². The van der Waals surface area contributed by atoms with E-state index in [1.165, 1.54) is 11.3 Å². The Balaban J connectivity index is 1.95. The molecule has 1 aromatic rings. The molecule has 1 saturated heterocycles. The Morgan fingerprint density at radius 2 is 2.32 bits per heavy atom. The third-order valence-electron chi connectivity index (χ3n) is 3.63. The number of likely N-dealkylation sites (tertiary alicyclic amines) is 1. The zero-order valence-corrected chi connectivity index (χ0v) is 11.9. The van der Waals surface area contributed by atoms with Crippen LogP contribution in [0.25, 0.3) is 0 Å². The molecule has 1 aliphatic heterocycles. The van der Waals surface area contributed by atoms with Crippen molar-refractivity contribution in [3.63, 3.8) is 0 Å². The fourth-order valence-electron chi connectivity index (χ4n) is 2.55. The number of amides is 1. The molecule has 1 aliphatic rings. The molecule has 4 nitrogen and oxygen atoms in total. The highest BCUT2D eigenvalue weighted by atomic mass is 32.1. The predicted molar refractivity (Wildman–Crippen MR) is 74.6 cm³/mol. The SMILES string of the molecule is Cc1ccsc1C(=O)N1CCC[C@@H](CCC(=O)O)C1. The molecule has 0 unspecified atom stereocenters. The summed E-state index contributed by atoms with van der Waals surface area (Å²) in [5, 5.41) is 10.7. The Labute approximate surface area is 117 Å². The maximum Gasteiger partial charge on any atom is 0.303 e. The second kappa shape index (κ2) is 6.19. The quantitative estimate of drug-likeness (QED) is 0.923. The molecule has 0 aliphatic carbocycles. The van der Waals surface area contributed by atoms with Gasteiger partial charge in [0.05, 0.1) is 4.88 Å². The van der Waals surface area contributed by atoms with Crippen LogP contribution in [0, 0.1) is 12.8 Å². The molecule has 0 saturated carbocycles. The lowest BCUT2D eigenvalue weighted by molar-refractivity contribution is -0.137. The number of carbonyl (C=O) groups excluding carboxylic acids is 1. The van der Waals surface area contributed by atoms with Crippen LogP contribution in [0.2, 0.25) is 0 Å². The molecule has 0 radical (unpaired) electrons. The Kier molecular flexibility index (Phi) is 4.58. The molecular weight excluding hydrogens is 262 g/mol. The lowest BCUT2D eigenvalue weighted by Crippen LogP contribution is -2.40. The van der Waals surface area contributed by atoms with E-state index in [0.29, 0.717) is 18.9 Å². The summed E-state index contributed by atoms with van der Waals surface area (Å²) in [5.74, 6) is -0.320. The van der Waals surface area contributed by atoms with Crippen LogP contribution in [0.1, 0.15) is 40.9 Å². The van der Waals surface area contributed by atoms with Gasteiger partial charge in [-0.25, -0.2) is 0 Å². The topological polar surface area (TPSA) is 57.6 Å². The zero-order chi connectivity index (χ0) is 13.8. The van der Waals surface area contributed by atoms with E-state index in [2.05, 4.69) is 0 Å². The fraction of sp³-hybridized carbons (Fsp3) is 0.571. The summed E-state index contributed by atoms with van der Waals surface area (Å²) < 4.78 is 0. The van der Waals surface area contributed by atoms with E-state index in [0.717, 1.165) is 29.8 Å². The van der Waals surface area contributed by atoms with E-state index in [9.17, 15) is 9.59 Å². The number of carboxylic acids is 1. The van der Waals surface area contributed by atoms with Gasteiger partial charge in [-0.1, -0.05) is 0 Å². The van der Waals surface area contributed by atoms with Crippen LogP contribution in [-0.2, 0) is 4.79 Å². The summed E-state index contributed by atoms with van der Waals surface area (Å²) in [6.07, 6.45) is 2.87. The number of aliphatic carboxylic acids is 1. The van der Waals surface area contributed by atoms with Gasteiger partial charge < -0.3 is 10.0 Å². The van der Waals surface area contributed by atoms with Crippen LogP contribution in [-0.4, -0.2) is 35.0 Å². The van der Waals surface area contributed by atoms with Crippen LogP contribution < -0.4 is 0 Å². The van der Waals surface area contributed by atoms with Crippen LogP contribution >= 0.6 is 11.3 Å². The third-order valence-corrected chi connectivity index (χ3v) is 4.63. The summed E-state index contributed by atoms with van der Waals surface area (Å²) >= 11 is 1.49. The van der Waals surface area contributed by atoms with E-state index < -0.39 is 5.97 Å². The van der Waals surface area contributed by atoms with Gasteiger partial charge in [0.25, 0.3) is 5.91 Å². The molecule has 1 fully saturated rings. The number of hydrogen-bond donors (Lipinski definition) is 1. The average molecular weight is 281 g/mol. The minimum atomic E-state index is -0.752. The Morgan fingerprint density at radius 3 is 2.95 bits per heavy atom. The van der Waals surface area contributed by atoms with Gasteiger partial charge in [-0.15, -0.1) is 11.3 Å². The highest BCUT2D eigenvalue weighted by molar-refractivity contribution is 7.12. The number of carbonyl (C=O) groups is 2.